The number of carbonyl (C=O) groups excluding carboxylic acids is 3. The number of benzene rings is 1. The molecule has 1 N–H and O–H groups in total. The number of halogens is 1. The average molecular weight is 375 g/mol. The summed E-state index contributed by atoms with van der Waals surface area (Å²) in [6.07, 6.45) is 2.90. The van der Waals surface area contributed by atoms with E-state index in [4.69, 9.17) is 4.42 Å². The second-order valence-electron chi connectivity index (χ2n) is 4.81. The number of nitrogens with one attached hydrogen (secondary N) is 1. The summed E-state index contributed by atoms with van der Waals surface area (Å²) in [4.78, 5) is 37.3. The summed E-state index contributed by atoms with van der Waals surface area (Å²) >= 11 is 3.36. The smallest absolute Gasteiger partial charge is 0.331 e. The number of rotatable bonds is 3. The van der Waals surface area contributed by atoms with Gasteiger partial charge in [-0.25, -0.2) is 4.79 Å². The van der Waals surface area contributed by atoms with E-state index in [-0.39, 0.29) is 12.1 Å². The van der Waals surface area contributed by atoms with Crippen molar-refractivity contribution in [3.05, 3.63) is 64.0 Å². The third-order valence-corrected chi connectivity index (χ3v) is 4.01. The van der Waals surface area contributed by atoms with Crippen molar-refractivity contribution in [2.24, 2.45) is 0 Å². The number of nitrogens with zero attached hydrogens (tertiary/aromatic N) is 1. The average Bonchev–Trinajstić information content (AvgIpc) is 3.03. The molecule has 1 aliphatic heterocycles. The highest BCUT2D eigenvalue weighted by Gasteiger charge is 2.36. The Bertz CT molecular complexity index is 811. The highest BCUT2D eigenvalue weighted by molar-refractivity contribution is 9.10. The first-order valence-corrected chi connectivity index (χ1v) is 7.51. The fourth-order valence-electron chi connectivity index (χ4n) is 2.14. The minimum absolute atomic E-state index is 0.0434. The largest absolute Gasteiger partial charge is 0.467 e. The van der Waals surface area contributed by atoms with Crippen molar-refractivity contribution in [1.29, 1.82) is 0 Å². The van der Waals surface area contributed by atoms with Crippen LogP contribution in [-0.2, 0) is 16.1 Å². The molecule has 1 aliphatic rings. The van der Waals surface area contributed by atoms with Gasteiger partial charge in [0.05, 0.1) is 12.8 Å². The van der Waals surface area contributed by atoms with Crippen LogP contribution in [0, 0.1) is 0 Å². The molecule has 6 nitrogen and oxygen atoms in total. The van der Waals surface area contributed by atoms with Gasteiger partial charge in [0.15, 0.2) is 0 Å². The molecule has 0 radical (unpaired) electrons. The lowest BCUT2D eigenvalue weighted by Crippen LogP contribution is -2.53. The maximum absolute atomic E-state index is 12.5. The van der Waals surface area contributed by atoms with E-state index in [1.165, 1.54) is 12.3 Å². The number of carbonyl (C=O) groups is 3. The second kappa shape index (κ2) is 6.21. The lowest BCUT2D eigenvalue weighted by molar-refractivity contribution is -0.130. The Morgan fingerprint density at radius 3 is 2.61 bits per heavy atom. The Balaban J connectivity index is 1.94. The summed E-state index contributed by atoms with van der Waals surface area (Å²) in [7, 11) is 0. The number of barbiturate groups is 1. The van der Waals surface area contributed by atoms with Gasteiger partial charge >= 0.3 is 6.03 Å². The van der Waals surface area contributed by atoms with Crippen LogP contribution in [0.15, 0.2) is 57.1 Å². The van der Waals surface area contributed by atoms with Gasteiger partial charge in [-0.1, -0.05) is 34.1 Å². The molecule has 2 aromatic rings. The molecule has 2 heterocycles. The molecule has 4 amide bonds. The van der Waals surface area contributed by atoms with Crippen LogP contribution in [-0.4, -0.2) is 22.7 Å². The minimum Gasteiger partial charge on any atom is -0.467 e. The molecular formula is C16H11BrN2O4. The predicted molar refractivity (Wildman–Crippen MR) is 84.9 cm³/mol. The molecule has 1 aromatic heterocycles. The molecule has 3 rings (SSSR count). The van der Waals surface area contributed by atoms with Crippen LogP contribution in [0.2, 0.25) is 0 Å². The lowest BCUT2D eigenvalue weighted by Gasteiger charge is -2.25. The first-order chi connectivity index (χ1) is 11.1. The molecule has 1 fully saturated rings. The highest BCUT2D eigenvalue weighted by atomic mass is 79.9. The monoisotopic (exact) mass is 374 g/mol. The molecular weight excluding hydrogens is 364 g/mol. The summed E-state index contributed by atoms with van der Waals surface area (Å²) in [5.41, 5.74) is 0.557. The van der Waals surface area contributed by atoms with E-state index in [0.29, 0.717) is 11.3 Å². The van der Waals surface area contributed by atoms with Crippen molar-refractivity contribution in [2.75, 3.05) is 0 Å². The van der Waals surface area contributed by atoms with Crippen molar-refractivity contribution >= 4 is 39.9 Å². The van der Waals surface area contributed by atoms with Gasteiger partial charge in [-0.3, -0.25) is 19.8 Å². The van der Waals surface area contributed by atoms with E-state index in [1.807, 2.05) is 6.07 Å². The first-order valence-electron chi connectivity index (χ1n) is 6.72. The van der Waals surface area contributed by atoms with Crippen LogP contribution >= 0.6 is 15.9 Å². The zero-order valence-electron chi connectivity index (χ0n) is 11.8. The maximum Gasteiger partial charge on any atom is 0.331 e. The molecule has 7 heteroatoms. The van der Waals surface area contributed by atoms with Gasteiger partial charge in [-0.05, 0) is 29.8 Å². The van der Waals surface area contributed by atoms with E-state index in [2.05, 4.69) is 21.2 Å². The van der Waals surface area contributed by atoms with Gasteiger partial charge in [0, 0.05) is 4.47 Å². The summed E-state index contributed by atoms with van der Waals surface area (Å²) in [6, 6.07) is 9.70. The zero-order chi connectivity index (χ0) is 16.4. The van der Waals surface area contributed by atoms with E-state index < -0.39 is 17.8 Å². The van der Waals surface area contributed by atoms with Gasteiger partial charge in [0.25, 0.3) is 11.8 Å². The molecule has 0 saturated carbocycles. The standard InChI is InChI=1S/C16H11BrN2O4/c17-13-6-2-1-4-10(13)8-12-14(20)18-16(22)19(15(12)21)9-11-5-3-7-23-11/h1-8H,9H2,(H,18,20,22)/b12-8+. The molecule has 116 valence electrons. The highest BCUT2D eigenvalue weighted by Crippen LogP contribution is 2.22. The summed E-state index contributed by atoms with van der Waals surface area (Å²) < 4.78 is 5.89. The predicted octanol–water partition coefficient (Wildman–Crippen LogP) is 2.70. The van der Waals surface area contributed by atoms with Crippen LogP contribution in [0.4, 0.5) is 4.79 Å². The SMILES string of the molecule is O=C1NC(=O)N(Cc2ccco2)C(=O)/C1=C/c1ccccc1Br. The van der Waals surface area contributed by atoms with E-state index in [1.54, 1.807) is 30.3 Å². The molecule has 0 bridgehead atoms. The summed E-state index contributed by atoms with van der Waals surface area (Å²) in [5.74, 6) is -0.930. The second-order valence-corrected chi connectivity index (χ2v) is 5.66. The van der Waals surface area contributed by atoms with Gasteiger partial charge < -0.3 is 4.42 Å². The topological polar surface area (TPSA) is 79.6 Å². The Hall–Kier alpha value is -2.67. The van der Waals surface area contributed by atoms with Gasteiger partial charge in [-0.2, -0.15) is 0 Å². The molecule has 1 aromatic carbocycles. The molecule has 23 heavy (non-hydrogen) atoms. The number of urea groups is 1. The number of imide groups is 2. The van der Waals surface area contributed by atoms with Crippen molar-refractivity contribution < 1.29 is 18.8 Å². The molecule has 0 aliphatic carbocycles. The Kier molecular flexibility index (Phi) is 4.12. The van der Waals surface area contributed by atoms with Gasteiger partial charge in [0.1, 0.15) is 11.3 Å². The Morgan fingerprint density at radius 2 is 1.91 bits per heavy atom. The molecule has 0 atom stereocenters. The molecule has 1 saturated heterocycles. The van der Waals surface area contributed by atoms with Crippen molar-refractivity contribution in [1.82, 2.24) is 10.2 Å². The van der Waals surface area contributed by atoms with Gasteiger partial charge in [0.2, 0.25) is 0 Å². The van der Waals surface area contributed by atoms with Crippen LogP contribution < -0.4 is 5.32 Å². The van der Waals surface area contributed by atoms with Crippen LogP contribution in [0.5, 0.6) is 0 Å². The van der Waals surface area contributed by atoms with Crippen molar-refractivity contribution in [3.8, 4) is 0 Å². The summed E-state index contributed by atoms with van der Waals surface area (Å²) in [5, 5.41) is 2.16. The van der Waals surface area contributed by atoms with E-state index in [9.17, 15) is 14.4 Å². The number of hydrogen-bond acceptors (Lipinski definition) is 4. The van der Waals surface area contributed by atoms with Crippen molar-refractivity contribution in [2.45, 2.75) is 6.54 Å². The number of hydrogen-bond donors (Lipinski definition) is 1. The van der Waals surface area contributed by atoms with Gasteiger partial charge in [-0.15, -0.1) is 0 Å². The quantitative estimate of drug-likeness (QED) is 0.661. The fraction of sp³-hybridized carbons (Fsp3) is 0.0625. The van der Waals surface area contributed by atoms with E-state index in [0.717, 1.165) is 9.37 Å². The van der Waals surface area contributed by atoms with Crippen LogP contribution in [0.25, 0.3) is 6.08 Å². The third-order valence-electron chi connectivity index (χ3n) is 3.28. The van der Waals surface area contributed by atoms with Crippen LogP contribution in [0.1, 0.15) is 11.3 Å². The van der Waals surface area contributed by atoms with Crippen LogP contribution in [0.3, 0.4) is 0 Å². The lowest BCUT2D eigenvalue weighted by atomic mass is 10.1. The maximum atomic E-state index is 12.5. The zero-order valence-corrected chi connectivity index (χ0v) is 13.4. The molecule has 0 unspecified atom stereocenters. The summed E-state index contributed by atoms with van der Waals surface area (Å²) in [6.45, 7) is -0.0434. The fourth-order valence-corrected chi connectivity index (χ4v) is 2.54. The Labute approximate surface area is 139 Å². The third kappa shape index (κ3) is 3.09. The normalized spacial score (nSPS) is 16.8. The van der Waals surface area contributed by atoms with Crippen molar-refractivity contribution in [3.63, 3.8) is 0 Å². The number of amides is 4. The first kappa shape index (κ1) is 15.2. The molecule has 0 spiro atoms. The Morgan fingerprint density at radius 1 is 1.13 bits per heavy atom. The van der Waals surface area contributed by atoms with E-state index >= 15 is 0 Å². The number of furan rings is 1. The minimum atomic E-state index is -0.763.